The normalized spacial score (nSPS) is 36.5. The Labute approximate surface area is 100 Å². The zero-order valence-electron chi connectivity index (χ0n) is 10.0. The Hall–Kier alpha value is -1.14. The smallest absolute Gasteiger partial charge is 0.223 e. The van der Waals surface area contributed by atoms with Gasteiger partial charge in [0.1, 0.15) is 18.2 Å². The van der Waals surface area contributed by atoms with Crippen molar-refractivity contribution in [3.8, 4) is 0 Å². The molecular weight excluding hydrogens is 224 g/mol. The number of hydrogen-bond acceptors (Lipinski definition) is 5. The fourth-order valence-corrected chi connectivity index (χ4v) is 2.27. The van der Waals surface area contributed by atoms with Crippen molar-refractivity contribution in [2.24, 2.45) is 4.99 Å². The van der Waals surface area contributed by atoms with Gasteiger partial charge in [-0.1, -0.05) is 0 Å². The van der Waals surface area contributed by atoms with Crippen LogP contribution >= 0.6 is 0 Å². The molecule has 0 bridgehead atoms. The molecule has 0 aliphatic carbocycles. The van der Waals surface area contributed by atoms with Crippen molar-refractivity contribution in [3.05, 3.63) is 0 Å². The summed E-state index contributed by atoms with van der Waals surface area (Å²) in [6.45, 7) is 2.21. The quantitative estimate of drug-likeness (QED) is 0.681. The predicted molar refractivity (Wildman–Crippen MR) is 60.8 cm³/mol. The summed E-state index contributed by atoms with van der Waals surface area (Å²) in [6, 6.07) is -0.313. The first-order valence-corrected chi connectivity index (χ1v) is 5.83. The summed E-state index contributed by atoms with van der Waals surface area (Å²) in [7, 11) is 1.58. The molecule has 2 rings (SSSR count). The van der Waals surface area contributed by atoms with Gasteiger partial charge in [-0.15, -0.1) is 0 Å². The topological polar surface area (TPSA) is 80.2 Å². The zero-order chi connectivity index (χ0) is 12.4. The van der Waals surface area contributed by atoms with Crippen LogP contribution in [0.1, 0.15) is 19.8 Å². The third kappa shape index (κ3) is 2.58. The first-order valence-electron chi connectivity index (χ1n) is 5.83. The van der Waals surface area contributed by atoms with E-state index < -0.39 is 6.10 Å². The van der Waals surface area contributed by atoms with Gasteiger partial charge in [-0.25, -0.2) is 4.99 Å². The van der Waals surface area contributed by atoms with E-state index in [2.05, 4.69) is 10.3 Å². The van der Waals surface area contributed by atoms with Crippen LogP contribution in [0.25, 0.3) is 0 Å². The van der Waals surface area contributed by atoms with E-state index in [4.69, 9.17) is 9.47 Å². The van der Waals surface area contributed by atoms with E-state index in [9.17, 15) is 9.90 Å². The summed E-state index contributed by atoms with van der Waals surface area (Å²) in [6.07, 6.45) is -0.422. The average molecular weight is 242 g/mol. The lowest BCUT2D eigenvalue weighted by molar-refractivity contribution is -0.135. The van der Waals surface area contributed by atoms with E-state index in [1.54, 1.807) is 14.0 Å². The lowest BCUT2D eigenvalue weighted by Gasteiger charge is -2.40. The summed E-state index contributed by atoms with van der Waals surface area (Å²) < 4.78 is 11.1. The highest BCUT2D eigenvalue weighted by Crippen LogP contribution is 2.27. The maximum atomic E-state index is 11.4. The monoisotopic (exact) mass is 242 g/mol. The first kappa shape index (κ1) is 12.3. The zero-order valence-corrected chi connectivity index (χ0v) is 10.0. The minimum atomic E-state index is -0.514. The predicted octanol–water partition coefficient (Wildman–Crippen LogP) is -0.542. The molecule has 2 heterocycles. The van der Waals surface area contributed by atoms with Gasteiger partial charge in [-0.2, -0.15) is 0 Å². The molecule has 96 valence electrons. The number of amides is 1. The molecule has 2 aliphatic heterocycles. The minimum Gasteiger partial charge on any atom is -0.475 e. The molecule has 1 amide bonds. The number of aliphatic imine (C=N–C) groups is 1. The van der Waals surface area contributed by atoms with Crippen LogP contribution < -0.4 is 5.32 Å². The van der Waals surface area contributed by atoms with Gasteiger partial charge >= 0.3 is 0 Å². The summed E-state index contributed by atoms with van der Waals surface area (Å²) in [4.78, 5) is 15.7. The van der Waals surface area contributed by atoms with Gasteiger partial charge < -0.3 is 19.9 Å². The Morgan fingerprint density at radius 2 is 2.41 bits per heavy atom. The summed E-state index contributed by atoms with van der Waals surface area (Å²) >= 11 is 0. The van der Waals surface area contributed by atoms with Crippen molar-refractivity contribution in [2.75, 3.05) is 13.7 Å². The SMILES string of the molecule is CNC(=O)CC1OC(C)=NC2C(O)CCOC12. The number of carbonyl (C=O) groups excluding carboxylic acids is 1. The van der Waals surface area contributed by atoms with E-state index in [0.29, 0.717) is 18.9 Å². The second-order valence-electron chi connectivity index (χ2n) is 4.36. The molecule has 2 aliphatic rings. The number of aliphatic hydroxyl groups excluding tert-OH is 1. The highest BCUT2D eigenvalue weighted by Gasteiger charge is 2.43. The molecule has 0 radical (unpaired) electrons. The van der Waals surface area contributed by atoms with Crippen LogP contribution in [0.4, 0.5) is 0 Å². The Kier molecular flexibility index (Phi) is 3.63. The lowest BCUT2D eigenvalue weighted by Crippen LogP contribution is -2.54. The Morgan fingerprint density at radius 3 is 3.12 bits per heavy atom. The van der Waals surface area contributed by atoms with Gasteiger partial charge in [0.15, 0.2) is 5.90 Å². The standard InChI is InChI=1S/C11H18N2O4/c1-6-13-10-7(14)3-4-16-11(10)8(17-6)5-9(15)12-2/h7-8,10-11,14H,3-5H2,1-2H3,(H,12,15). The lowest BCUT2D eigenvalue weighted by atomic mass is 9.93. The van der Waals surface area contributed by atoms with Gasteiger partial charge in [0.05, 0.1) is 12.5 Å². The molecule has 4 unspecified atom stereocenters. The van der Waals surface area contributed by atoms with Crippen molar-refractivity contribution in [2.45, 2.75) is 44.1 Å². The van der Waals surface area contributed by atoms with E-state index in [1.165, 1.54) is 0 Å². The maximum absolute atomic E-state index is 11.4. The van der Waals surface area contributed by atoms with Crippen LogP contribution in [0.3, 0.4) is 0 Å². The second-order valence-corrected chi connectivity index (χ2v) is 4.36. The molecule has 1 saturated heterocycles. The molecule has 0 aromatic heterocycles. The average Bonchev–Trinajstić information content (AvgIpc) is 2.30. The largest absolute Gasteiger partial charge is 0.475 e. The molecule has 6 nitrogen and oxygen atoms in total. The Balaban J connectivity index is 2.12. The van der Waals surface area contributed by atoms with Crippen LogP contribution in [-0.4, -0.2) is 54.9 Å². The molecule has 1 fully saturated rings. The number of aliphatic hydroxyl groups is 1. The van der Waals surface area contributed by atoms with Gasteiger partial charge in [0, 0.05) is 20.6 Å². The van der Waals surface area contributed by atoms with Crippen molar-refractivity contribution < 1.29 is 19.4 Å². The third-order valence-corrected chi connectivity index (χ3v) is 3.14. The molecule has 6 heteroatoms. The molecule has 17 heavy (non-hydrogen) atoms. The van der Waals surface area contributed by atoms with E-state index in [0.717, 1.165) is 0 Å². The molecule has 0 saturated carbocycles. The first-order chi connectivity index (χ1) is 8.11. The van der Waals surface area contributed by atoms with Crippen LogP contribution in [0.5, 0.6) is 0 Å². The van der Waals surface area contributed by atoms with E-state index >= 15 is 0 Å². The number of carbonyl (C=O) groups is 1. The molecule has 0 aromatic rings. The minimum absolute atomic E-state index is 0.105. The molecule has 0 spiro atoms. The van der Waals surface area contributed by atoms with Crippen molar-refractivity contribution >= 4 is 11.8 Å². The highest BCUT2D eigenvalue weighted by molar-refractivity contribution is 5.78. The number of nitrogens with zero attached hydrogens (tertiary/aromatic N) is 1. The molecular formula is C11H18N2O4. The van der Waals surface area contributed by atoms with Crippen LogP contribution in [-0.2, 0) is 14.3 Å². The van der Waals surface area contributed by atoms with Gasteiger partial charge in [0.25, 0.3) is 0 Å². The van der Waals surface area contributed by atoms with Crippen LogP contribution in [0, 0.1) is 0 Å². The number of hydrogen-bond donors (Lipinski definition) is 2. The number of ether oxygens (including phenoxy) is 2. The van der Waals surface area contributed by atoms with Crippen molar-refractivity contribution in [3.63, 3.8) is 0 Å². The number of fused-ring (bicyclic) bond motifs is 1. The summed E-state index contributed by atoms with van der Waals surface area (Å²) in [5.41, 5.74) is 0. The summed E-state index contributed by atoms with van der Waals surface area (Å²) in [5.74, 6) is 0.400. The van der Waals surface area contributed by atoms with Crippen LogP contribution in [0.2, 0.25) is 0 Å². The fraction of sp³-hybridized carbons (Fsp3) is 0.818. The van der Waals surface area contributed by atoms with E-state index in [-0.39, 0.29) is 30.6 Å². The molecule has 2 N–H and O–H groups in total. The summed E-state index contributed by atoms with van der Waals surface area (Å²) in [5, 5.41) is 12.4. The third-order valence-electron chi connectivity index (χ3n) is 3.14. The number of rotatable bonds is 2. The highest BCUT2D eigenvalue weighted by atomic mass is 16.6. The number of nitrogens with one attached hydrogen (secondary N) is 1. The van der Waals surface area contributed by atoms with Crippen LogP contribution in [0.15, 0.2) is 4.99 Å². The Morgan fingerprint density at radius 1 is 1.65 bits per heavy atom. The molecule has 0 aromatic carbocycles. The van der Waals surface area contributed by atoms with Gasteiger partial charge in [-0.3, -0.25) is 4.79 Å². The van der Waals surface area contributed by atoms with Gasteiger partial charge in [0.2, 0.25) is 5.91 Å². The molecule has 4 atom stereocenters. The fourth-order valence-electron chi connectivity index (χ4n) is 2.27. The maximum Gasteiger partial charge on any atom is 0.223 e. The van der Waals surface area contributed by atoms with Crippen molar-refractivity contribution in [1.29, 1.82) is 0 Å². The van der Waals surface area contributed by atoms with Crippen molar-refractivity contribution in [1.82, 2.24) is 5.32 Å². The second kappa shape index (κ2) is 5.01. The Bertz CT molecular complexity index is 331. The van der Waals surface area contributed by atoms with Gasteiger partial charge in [-0.05, 0) is 6.42 Å². The van der Waals surface area contributed by atoms with E-state index in [1.807, 2.05) is 0 Å².